The van der Waals surface area contributed by atoms with Gasteiger partial charge in [-0.25, -0.2) is 5.43 Å². The zero-order chi connectivity index (χ0) is 17.5. The fourth-order valence-electron chi connectivity index (χ4n) is 3.70. The summed E-state index contributed by atoms with van der Waals surface area (Å²) in [5.74, 6) is 0.568. The van der Waals surface area contributed by atoms with Crippen molar-refractivity contribution in [2.75, 3.05) is 59.4 Å². The number of nitrogens with zero attached hydrogens (tertiary/aromatic N) is 2. The summed E-state index contributed by atoms with van der Waals surface area (Å²) in [5, 5.41) is 4.45. The maximum atomic E-state index is 6.00. The number of hydrogen-bond donors (Lipinski definition) is 3. The van der Waals surface area contributed by atoms with E-state index in [1.165, 1.54) is 51.1 Å². The second kappa shape index (κ2) is 9.86. The molecule has 0 amide bonds. The number of benzene rings is 1. The second-order valence-corrected chi connectivity index (χ2v) is 7.81. The van der Waals surface area contributed by atoms with Crippen molar-refractivity contribution in [3.8, 4) is 0 Å². The van der Waals surface area contributed by atoms with Gasteiger partial charge in [-0.1, -0.05) is 23.7 Å². The number of hydrazine groups is 1. The van der Waals surface area contributed by atoms with Crippen LogP contribution < -0.4 is 16.2 Å². The molecule has 2 fully saturated rings. The summed E-state index contributed by atoms with van der Waals surface area (Å²) in [6, 6.07) is 8.54. The first-order chi connectivity index (χ1) is 12.2. The third-order valence-electron chi connectivity index (χ3n) is 5.40. The van der Waals surface area contributed by atoms with Crippen LogP contribution in [0.15, 0.2) is 24.3 Å². The van der Waals surface area contributed by atoms with Crippen LogP contribution in [-0.4, -0.2) is 69.2 Å². The van der Waals surface area contributed by atoms with Crippen LogP contribution in [0.4, 0.5) is 0 Å². The average Bonchev–Trinajstić information content (AvgIpc) is 3.09. The molecule has 2 aliphatic heterocycles. The normalized spacial score (nSPS) is 25.5. The van der Waals surface area contributed by atoms with Crippen LogP contribution >= 0.6 is 11.6 Å². The quantitative estimate of drug-likeness (QED) is 0.612. The lowest BCUT2D eigenvalue weighted by molar-refractivity contribution is 0.152. The van der Waals surface area contributed by atoms with E-state index in [0.717, 1.165) is 24.7 Å². The second-order valence-electron chi connectivity index (χ2n) is 7.37. The molecule has 25 heavy (non-hydrogen) atoms. The van der Waals surface area contributed by atoms with E-state index < -0.39 is 0 Å². The van der Waals surface area contributed by atoms with Gasteiger partial charge in [0.25, 0.3) is 0 Å². The summed E-state index contributed by atoms with van der Waals surface area (Å²) >= 11 is 6.00. The minimum absolute atomic E-state index is 0.357. The minimum atomic E-state index is 0.357. The first kappa shape index (κ1) is 19.1. The molecule has 3 rings (SSSR count). The van der Waals surface area contributed by atoms with Crippen LogP contribution in [0.1, 0.15) is 24.4 Å². The third kappa shape index (κ3) is 5.91. The molecule has 0 aliphatic carbocycles. The van der Waals surface area contributed by atoms with E-state index in [9.17, 15) is 0 Å². The van der Waals surface area contributed by atoms with Gasteiger partial charge < -0.3 is 15.1 Å². The Hall–Kier alpha value is -0.690. The van der Waals surface area contributed by atoms with Gasteiger partial charge in [-0.3, -0.25) is 5.43 Å². The summed E-state index contributed by atoms with van der Waals surface area (Å²) in [6.45, 7) is 9.28. The lowest BCUT2D eigenvalue weighted by Gasteiger charge is -2.32. The molecule has 1 aromatic rings. The number of nitrogens with one attached hydrogen (secondary N) is 3. The maximum Gasteiger partial charge on any atom is 0.0515 e. The van der Waals surface area contributed by atoms with Gasteiger partial charge in [0.2, 0.25) is 0 Å². The molecule has 6 heteroatoms. The fraction of sp³-hybridized carbons (Fsp3) is 0.684. The lowest BCUT2D eigenvalue weighted by atomic mass is 9.95. The highest BCUT2D eigenvalue weighted by Crippen LogP contribution is 2.25. The highest BCUT2D eigenvalue weighted by Gasteiger charge is 2.27. The Balaban J connectivity index is 1.30. The van der Waals surface area contributed by atoms with Crippen molar-refractivity contribution in [2.45, 2.75) is 18.9 Å². The Morgan fingerprint density at radius 3 is 2.64 bits per heavy atom. The number of piperazine rings is 1. The first-order valence-corrected chi connectivity index (χ1v) is 9.95. The molecule has 3 N–H and O–H groups in total. The molecular formula is C19H32ClN5. The van der Waals surface area contributed by atoms with Crippen molar-refractivity contribution in [1.29, 1.82) is 0 Å². The SMILES string of the molecule is CN1CCN(CCCCNCC2CNNC2c2ccc(Cl)cc2)CC1. The van der Waals surface area contributed by atoms with Gasteiger partial charge in [-0.2, -0.15) is 0 Å². The predicted molar refractivity (Wildman–Crippen MR) is 105 cm³/mol. The topological polar surface area (TPSA) is 42.6 Å². The van der Waals surface area contributed by atoms with Crippen molar-refractivity contribution < 1.29 is 0 Å². The molecule has 0 saturated carbocycles. The molecule has 0 radical (unpaired) electrons. The third-order valence-corrected chi connectivity index (χ3v) is 5.65. The number of likely N-dealkylation sites (N-methyl/N-ethyl adjacent to an activating group) is 1. The Morgan fingerprint density at radius 2 is 1.88 bits per heavy atom. The molecule has 2 aliphatic rings. The van der Waals surface area contributed by atoms with Gasteiger partial charge in [0, 0.05) is 50.2 Å². The molecule has 0 bridgehead atoms. The van der Waals surface area contributed by atoms with Gasteiger partial charge in [0.1, 0.15) is 0 Å². The van der Waals surface area contributed by atoms with Gasteiger partial charge in [0.05, 0.1) is 6.04 Å². The molecule has 2 heterocycles. The number of rotatable bonds is 8. The van der Waals surface area contributed by atoms with Gasteiger partial charge in [0.15, 0.2) is 0 Å². The van der Waals surface area contributed by atoms with Crippen LogP contribution in [0.25, 0.3) is 0 Å². The molecular weight excluding hydrogens is 334 g/mol. The number of unbranched alkanes of at least 4 members (excludes halogenated alkanes) is 1. The predicted octanol–water partition coefficient (Wildman–Crippen LogP) is 1.72. The summed E-state index contributed by atoms with van der Waals surface area (Å²) < 4.78 is 0. The zero-order valence-electron chi connectivity index (χ0n) is 15.3. The van der Waals surface area contributed by atoms with Gasteiger partial charge >= 0.3 is 0 Å². The van der Waals surface area contributed by atoms with Crippen LogP contribution in [0.3, 0.4) is 0 Å². The molecule has 1 aromatic carbocycles. The molecule has 0 aromatic heterocycles. The summed E-state index contributed by atoms with van der Waals surface area (Å²) in [4.78, 5) is 5.01. The van der Waals surface area contributed by atoms with E-state index >= 15 is 0 Å². The molecule has 2 atom stereocenters. The monoisotopic (exact) mass is 365 g/mol. The van der Waals surface area contributed by atoms with E-state index in [1.54, 1.807) is 0 Å². The molecule has 0 spiro atoms. The number of halogens is 1. The lowest BCUT2D eigenvalue weighted by Crippen LogP contribution is -2.44. The maximum absolute atomic E-state index is 6.00. The average molecular weight is 366 g/mol. The molecule has 140 valence electrons. The van der Waals surface area contributed by atoms with Crippen LogP contribution in [-0.2, 0) is 0 Å². The highest BCUT2D eigenvalue weighted by molar-refractivity contribution is 6.30. The number of hydrogen-bond acceptors (Lipinski definition) is 5. The van der Waals surface area contributed by atoms with Crippen LogP contribution in [0, 0.1) is 5.92 Å². The van der Waals surface area contributed by atoms with Crippen LogP contribution in [0.2, 0.25) is 5.02 Å². The van der Waals surface area contributed by atoms with Crippen molar-refractivity contribution in [3.05, 3.63) is 34.9 Å². The van der Waals surface area contributed by atoms with E-state index in [2.05, 4.69) is 45.1 Å². The summed E-state index contributed by atoms with van der Waals surface area (Å²) in [5.41, 5.74) is 8.00. The Morgan fingerprint density at radius 1 is 1.12 bits per heavy atom. The summed E-state index contributed by atoms with van der Waals surface area (Å²) in [6.07, 6.45) is 2.55. The molecule has 2 saturated heterocycles. The largest absolute Gasteiger partial charge is 0.316 e. The van der Waals surface area contributed by atoms with Crippen molar-refractivity contribution >= 4 is 11.6 Å². The Bertz CT molecular complexity index is 501. The van der Waals surface area contributed by atoms with E-state index in [0.29, 0.717) is 12.0 Å². The van der Waals surface area contributed by atoms with Gasteiger partial charge in [-0.15, -0.1) is 0 Å². The standard InChI is InChI=1S/C19H32ClN5/c1-24-10-12-25(13-11-24)9-3-2-8-21-14-17-15-22-23-19(17)16-4-6-18(20)7-5-16/h4-7,17,19,21-23H,2-3,8-15H2,1H3. The van der Waals surface area contributed by atoms with Crippen molar-refractivity contribution in [3.63, 3.8) is 0 Å². The minimum Gasteiger partial charge on any atom is -0.316 e. The molecule has 5 nitrogen and oxygen atoms in total. The Labute approximate surface area is 157 Å². The van der Waals surface area contributed by atoms with E-state index in [4.69, 9.17) is 11.6 Å². The first-order valence-electron chi connectivity index (χ1n) is 9.58. The molecule has 2 unspecified atom stereocenters. The zero-order valence-corrected chi connectivity index (χ0v) is 16.1. The van der Waals surface area contributed by atoms with E-state index in [1.807, 2.05) is 12.1 Å². The van der Waals surface area contributed by atoms with Crippen molar-refractivity contribution in [2.24, 2.45) is 5.92 Å². The van der Waals surface area contributed by atoms with Crippen molar-refractivity contribution in [1.82, 2.24) is 26.0 Å². The van der Waals surface area contributed by atoms with E-state index in [-0.39, 0.29) is 0 Å². The summed E-state index contributed by atoms with van der Waals surface area (Å²) in [7, 11) is 2.21. The highest BCUT2D eigenvalue weighted by atomic mass is 35.5. The smallest absolute Gasteiger partial charge is 0.0515 e. The fourth-order valence-corrected chi connectivity index (χ4v) is 3.82. The van der Waals surface area contributed by atoms with Crippen LogP contribution in [0.5, 0.6) is 0 Å². The van der Waals surface area contributed by atoms with Gasteiger partial charge in [-0.05, 0) is 50.7 Å². The Kier molecular flexibility index (Phi) is 7.52.